The van der Waals surface area contributed by atoms with Crippen molar-refractivity contribution < 1.29 is 22.4 Å². The third kappa shape index (κ3) is 3.89. The number of hydrogen-bond acceptors (Lipinski definition) is 4. The van der Waals surface area contributed by atoms with Gasteiger partial charge in [-0.1, -0.05) is 6.07 Å². The molecule has 1 amide bonds. The maximum atomic E-state index is 14.1. The molecule has 0 spiro atoms. The van der Waals surface area contributed by atoms with E-state index in [9.17, 15) is 22.4 Å². The first kappa shape index (κ1) is 20.3. The molecule has 0 aromatic heterocycles. The third-order valence-electron chi connectivity index (χ3n) is 5.41. The van der Waals surface area contributed by atoms with E-state index in [2.05, 4.69) is 15.2 Å². The summed E-state index contributed by atoms with van der Waals surface area (Å²) in [5.41, 5.74) is -0.110. The summed E-state index contributed by atoms with van der Waals surface area (Å²) < 4.78 is 55.3. The number of hydrogen-bond donors (Lipinski definition) is 1. The average Bonchev–Trinajstić information content (AvgIpc) is 3.02. The molecule has 1 saturated heterocycles. The number of piperazine rings is 1. The predicted octanol–water partition coefficient (Wildman–Crippen LogP) is 4.03. The lowest BCUT2D eigenvalue weighted by Gasteiger charge is -2.35. The lowest BCUT2D eigenvalue weighted by atomic mass is 10.0. The van der Waals surface area contributed by atoms with Crippen LogP contribution in [0.15, 0.2) is 41.4 Å². The number of fused-ring (bicyclic) bond motifs is 1. The molecule has 5 nitrogen and oxygen atoms in total. The Bertz CT molecular complexity index is 997. The molecule has 1 fully saturated rings. The van der Waals surface area contributed by atoms with E-state index in [1.165, 1.54) is 30.5 Å². The van der Waals surface area contributed by atoms with Gasteiger partial charge in [0.15, 0.2) is 0 Å². The van der Waals surface area contributed by atoms with Crippen LogP contribution in [0.5, 0.6) is 0 Å². The second kappa shape index (κ2) is 7.71. The monoisotopic (exact) mass is 420 g/mol. The van der Waals surface area contributed by atoms with E-state index in [0.717, 1.165) is 6.07 Å². The number of anilines is 2. The Hall–Kier alpha value is -2.94. The van der Waals surface area contributed by atoms with Gasteiger partial charge in [0, 0.05) is 49.3 Å². The molecule has 9 heteroatoms. The van der Waals surface area contributed by atoms with Crippen molar-refractivity contribution in [3.8, 4) is 0 Å². The number of amides is 1. The van der Waals surface area contributed by atoms with Crippen LogP contribution in [-0.4, -0.2) is 50.2 Å². The van der Waals surface area contributed by atoms with E-state index in [4.69, 9.17) is 0 Å². The highest BCUT2D eigenvalue weighted by atomic mass is 19.4. The van der Waals surface area contributed by atoms with Crippen molar-refractivity contribution in [3.05, 3.63) is 53.3 Å². The Morgan fingerprint density at radius 3 is 2.57 bits per heavy atom. The highest BCUT2D eigenvalue weighted by Crippen LogP contribution is 2.39. The standard InChI is InChI=1S/C21H20F4N4O/c1-28-7-9-29(10-8-28)18-6-5-13(11-15(18)21(23,24)25)26-12-14-19-16(22)3-2-4-17(19)27-20(14)30/h2-6,11-12,14H,7-10H2,1H3,(H,27,30). The van der Waals surface area contributed by atoms with E-state index in [0.29, 0.717) is 31.9 Å². The van der Waals surface area contributed by atoms with E-state index in [1.807, 2.05) is 7.05 Å². The van der Waals surface area contributed by atoms with Crippen molar-refractivity contribution in [1.82, 2.24) is 4.90 Å². The number of benzene rings is 2. The number of carbonyl (C=O) groups is 1. The molecule has 0 bridgehead atoms. The van der Waals surface area contributed by atoms with Crippen molar-refractivity contribution in [2.24, 2.45) is 4.99 Å². The molecule has 0 saturated carbocycles. The molecule has 1 unspecified atom stereocenters. The SMILES string of the molecule is CN1CCN(c2ccc(N=CC3C(=O)Nc4cccc(F)c43)cc2C(F)(F)F)CC1. The fourth-order valence-electron chi connectivity index (χ4n) is 3.76. The summed E-state index contributed by atoms with van der Waals surface area (Å²) in [4.78, 5) is 20.0. The quantitative estimate of drug-likeness (QED) is 0.603. The minimum Gasteiger partial charge on any atom is -0.368 e. The van der Waals surface area contributed by atoms with Crippen molar-refractivity contribution >= 4 is 29.2 Å². The lowest BCUT2D eigenvalue weighted by Crippen LogP contribution is -2.45. The van der Waals surface area contributed by atoms with Crippen LogP contribution < -0.4 is 10.2 Å². The number of rotatable bonds is 3. The molecular formula is C21H20F4N4O. The third-order valence-corrected chi connectivity index (χ3v) is 5.41. The van der Waals surface area contributed by atoms with Gasteiger partial charge in [0.1, 0.15) is 11.7 Å². The maximum absolute atomic E-state index is 14.1. The Morgan fingerprint density at radius 1 is 1.13 bits per heavy atom. The van der Waals surface area contributed by atoms with Crippen molar-refractivity contribution in [3.63, 3.8) is 0 Å². The zero-order valence-electron chi connectivity index (χ0n) is 16.2. The number of likely N-dealkylation sites (N-methyl/N-ethyl adjacent to an activating group) is 1. The molecule has 1 N–H and O–H groups in total. The number of nitrogens with zero attached hydrogens (tertiary/aromatic N) is 3. The fourth-order valence-corrected chi connectivity index (χ4v) is 3.76. The van der Waals surface area contributed by atoms with E-state index < -0.39 is 29.4 Å². The van der Waals surface area contributed by atoms with Crippen LogP contribution in [0.3, 0.4) is 0 Å². The van der Waals surface area contributed by atoms with Gasteiger partial charge in [-0.05, 0) is 37.4 Å². The summed E-state index contributed by atoms with van der Waals surface area (Å²) >= 11 is 0. The lowest BCUT2D eigenvalue weighted by molar-refractivity contribution is -0.137. The first-order valence-electron chi connectivity index (χ1n) is 9.52. The molecule has 2 heterocycles. The number of halogens is 4. The second-order valence-corrected chi connectivity index (χ2v) is 7.44. The topological polar surface area (TPSA) is 47.9 Å². The van der Waals surface area contributed by atoms with Crippen molar-refractivity contribution in [1.29, 1.82) is 0 Å². The largest absolute Gasteiger partial charge is 0.418 e. The average molecular weight is 420 g/mol. The van der Waals surface area contributed by atoms with Crippen molar-refractivity contribution in [2.75, 3.05) is 43.4 Å². The first-order valence-corrected chi connectivity index (χ1v) is 9.52. The van der Waals surface area contributed by atoms with Gasteiger partial charge < -0.3 is 15.1 Å². The number of aliphatic imine (C=N–C) groups is 1. The van der Waals surface area contributed by atoms with Crippen LogP contribution in [-0.2, 0) is 11.0 Å². The van der Waals surface area contributed by atoms with Gasteiger partial charge in [0.05, 0.1) is 11.3 Å². The van der Waals surface area contributed by atoms with E-state index >= 15 is 0 Å². The van der Waals surface area contributed by atoms with Gasteiger partial charge in [-0.15, -0.1) is 0 Å². The number of carbonyl (C=O) groups excluding carboxylic acids is 1. The van der Waals surface area contributed by atoms with Crippen LogP contribution in [0.25, 0.3) is 0 Å². The highest BCUT2D eigenvalue weighted by molar-refractivity contribution is 6.12. The molecule has 2 aliphatic rings. The van der Waals surface area contributed by atoms with Gasteiger partial charge in [-0.25, -0.2) is 4.39 Å². The molecule has 0 aliphatic carbocycles. The molecule has 2 aromatic carbocycles. The normalized spacial score (nSPS) is 20.0. The van der Waals surface area contributed by atoms with Gasteiger partial charge in [0.2, 0.25) is 5.91 Å². The summed E-state index contributed by atoms with van der Waals surface area (Å²) in [7, 11) is 1.93. The molecule has 158 valence electrons. The number of nitrogens with one attached hydrogen (secondary N) is 1. The van der Waals surface area contributed by atoms with Gasteiger partial charge in [-0.3, -0.25) is 9.79 Å². The van der Waals surface area contributed by atoms with Gasteiger partial charge in [-0.2, -0.15) is 13.2 Å². The molecule has 1 atom stereocenters. The van der Waals surface area contributed by atoms with Crippen LogP contribution in [0.2, 0.25) is 0 Å². The minimum atomic E-state index is -4.55. The van der Waals surface area contributed by atoms with E-state index in [1.54, 1.807) is 11.0 Å². The second-order valence-electron chi connectivity index (χ2n) is 7.44. The molecule has 2 aliphatic heterocycles. The maximum Gasteiger partial charge on any atom is 0.418 e. The summed E-state index contributed by atoms with van der Waals surface area (Å²) in [5, 5.41) is 2.56. The van der Waals surface area contributed by atoms with Crippen LogP contribution in [0.4, 0.5) is 34.6 Å². The molecule has 4 rings (SSSR count). The van der Waals surface area contributed by atoms with Crippen LogP contribution in [0, 0.1) is 5.82 Å². The minimum absolute atomic E-state index is 0.0535. The van der Waals surface area contributed by atoms with Gasteiger partial charge >= 0.3 is 6.18 Å². The van der Waals surface area contributed by atoms with Crippen molar-refractivity contribution in [2.45, 2.75) is 12.1 Å². The predicted molar refractivity (Wildman–Crippen MR) is 107 cm³/mol. The number of alkyl halides is 3. The fraction of sp³-hybridized carbons (Fsp3) is 0.333. The molecule has 0 radical (unpaired) electrons. The summed E-state index contributed by atoms with van der Waals surface area (Å²) in [6, 6.07) is 8.13. The summed E-state index contributed by atoms with van der Waals surface area (Å²) in [6.07, 6.45) is -3.36. The first-order chi connectivity index (χ1) is 14.2. The van der Waals surface area contributed by atoms with Crippen LogP contribution in [0.1, 0.15) is 17.0 Å². The highest BCUT2D eigenvalue weighted by Gasteiger charge is 2.36. The molecule has 2 aromatic rings. The van der Waals surface area contributed by atoms with Crippen LogP contribution >= 0.6 is 0 Å². The summed E-state index contributed by atoms with van der Waals surface area (Å²) in [5.74, 6) is -2.03. The Balaban J connectivity index is 1.64. The Kier molecular flexibility index (Phi) is 5.23. The molecule has 30 heavy (non-hydrogen) atoms. The van der Waals surface area contributed by atoms with E-state index in [-0.39, 0.29) is 16.9 Å². The Labute approximate surface area is 171 Å². The zero-order chi connectivity index (χ0) is 21.5. The smallest absolute Gasteiger partial charge is 0.368 e. The summed E-state index contributed by atoms with van der Waals surface area (Å²) in [6.45, 7) is 2.36. The van der Waals surface area contributed by atoms with Gasteiger partial charge in [0.25, 0.3) is 0 Å². The Morgan fingerprint density at radius 2 is 1.87 bits per heavy atom. The zero-order valence-corrected chi connectivity index (χ0v) is 16.2. The molecular weight excluding hydrogens is 400 g/mol.